The van der Waals surface area contributed by atoms with Gasteiger partial charge >= 0.3 is 5.97 Å². The number of primary amides is 1. The van der Waals surface area contributed by atoms with E-state index in [4.69, 9.17) is 5.73 Å². The molecule has 1 aliphatic rings. The van der Waals surface area contributed by atoms with E-state index in [1.807, 2.05) is 0 Å². The molecular formula is C19H22N2O3S. The normalized spacial score (nSPS) is 20.2. The Hall–Kier alpha value is -2.18. The van der Waals surface area contributed by atoms with E-state index in [-0.39, 0.29) is 5.56 Å². The lowest BCUT2D eigenvalue weighted by molar-refractivity contribution is 0.0694. The van der Waals surface area contributed by atoms with Gasteiger partial charge in [0.2, 0.25) is 5.91 Å². The van der Waals surface area contributed by atoms with E-state index in [0.29, 0.717) is 29.6 Å². The molecule has 1 aromatic carbocycles. The molecule has 132 valence electrons. The Balaban J connectivity index is 1.82. The zero-order valence-corrected chi connectivity index (χ0v) is 15.2. The topological polar surface area (TPSA) is 83.6 Å². The van der Waals surface area contributed by atoms with Crippen LogP contribution in [0.3, 0.4) is 0 Å². The van der Waals surface area contributed by atoms with Gasteiger partial charge in [-0.3, -0.25) is 9.69 Å². The molecule has 1 aromatic heterocycles. The Kier molecular flexibility index (Phi) is 4.92. The molecule has 0 bridgehead atoms. The van der Waals surface area contributed by atoms with E-state index in [0.717, 1.165) is 13.0 Å². The average molecular weight is 358 g/mol. The van der Waals surface area contributed by atoms with Crippen LogP contribution in [0.2, 0.25) is 0 Å². The number of fused-ring (bicyclic) bond motifs is 1. The summed E-state index contributed by atoms with van der Waals surface area (Å²) < 4.78 is 0. The SMILES string of the molecule is CC1Cc2ccsc2C(C)N1CCc1cc(C(N)=O)ccc1C(=O)O. The fourth-order valence-electron chi connectivity index (χ4n) is 3.68. The van der Waals surface area contributed by atoms with E-state index < -0.39 is 11.9 Å². The van der Waals surface area contributed by atoms with Crippen molar-refractivity contribution in [3.05, 3.63) is 56.8 Å². The third-order valence-electron chi connectivity index (χ3n) is 5.00. The minimum absolute atomic E-state index is 0.235. The maximum Gasteiger partial charge on any atom is 0.335 e. The summed E-state index contributed by atoms with van der Waals surface area (Å²) in [7, 11) is 0. The Morgan fingerprint density at radius 2 is 2.08 bits per heavy atom. The Bertz CT molecular complexity index is 815. The van der Waals surface area contributed by atoms with Crippen LogP contribution in [0, 0.1) is 0 Å². The molecule has 3 rings (SSSR count). The molecule has 2 heterocycles. The van der Waals surface area contributed by atoms with Crippen LogP contribution in [0.25, 0.3) is 0 Å². The largest absolute Gasteiger partial charge is 0.478 e. The molecule has 2 unspecified atom stereocenters. The first-order valence-corrected chi connectivity index (χ1v) is 9.24. The van der Waals surface area contributed by atoms with E-state index in [9.17, 15) is 14.7 Å². The average Bonchev–Trinajstić information content (AvgIpc) is 3.02. The molecule has 0 saturated carbocycles. The quantitative estimate of drug-likeness (QED) is 0.860. The first kappa shape index (κ1) is 17.6. The van der Waals surface area contributed by atoms with Gasteiger partial charge in [-0.2, -0.15) is 0 Å². The highest BCUT2D eigenvalue weighted by atomic mass is 32.1. The van der Waals surface area contributed by atoms with Gasteiger partial charge in [-0.15, -0.1) is 11.3 Å². The summed E-state index contributed by atoms with van der Waals surface area (Å²) in [4.78, 5) is 26.7. The number of nitrogens with zero attached hydrogens (tertiary/aromatic N) is 1. The summed E-state index contributed by atoms with van der Waals surface area (Å²) in [5.41, 5.74) is 7.99. The zero-order valence-electron chi connectivity index (χ0n) is 14.4. The second-order valence-electron chi connectivity index (χ2n) is 6.57. The number of aromatic carboxylic acids is 1. The predicted molar refractivity (Wildman–Crippen MR) is 98.2 cm³/mol. The van der Waals surface area contributed by atoms with Crippen LogP contribution in [0.5, 0.6) is 0 Å². The predicted octanol–water partition coefficient (Wildman–Crippen LogP) is 3.10. The van der Waals surface area contributed by atoms with Gasteiger partial charge < -0.3 is 10.8 Å². The lowest BCUT2D eigenvalue weighted by Crippen LogP contribution is -2.41. The minimum Gasteiger partial charge on any atom is -0.478 e. The van der Waals surface area contributed by atoms with E-state index in [2.05, 4.69) is 30.2 Å². The number of thiophene rings is 1. The van der Waals surface area contributed by atoms with Crippen LogP contribution in [0.15, 0.2) is 29.6 Å². The third-order valence-corrected chi connectivity index (χ3v) is 6.13. The molecule has 0 radical (unpaired) electrons. The maximum atomic E-state index is 11.5. The minimum atomic E-state index is -0.980. The van der Waals surface area contributed by atoms with Crippen molar-refractivity contribution in [2.75, 3.05) is 6.54 Å². The van der Waals surface area contributed by atoms with E-state index in [1.165, 1.54) is 22.6 Å². The van der Waals surface area contributed by atoms with Gasteiger partial charge in [0.05, 0.1) is 5.56 Å². The molecule has 0 fully saturated rings. The number of carboxylic acids is 1. The van der Waals surface area contributed by atoms with Crippen molar-refractivity contribution in [2.45, 2.75) is 38.8 Å². The van der Waals surface area contributed by atoms with Gasteiger partial charge in [-0.25, -0.2) is 4.79 Å². The summed E-state index contributed by atoms with van der Waals surface area (Å²) in [6.45, 7) is 5.14. The van der Waals surface area contributed by atoms with E-state index >= 15 is 0 Å². The molecule has 25 heavy (non-hydrogen) atoms. The summed E-state index contributed by atoms with van der Waals surface area (Å²) in [6, 6.07) is 7.46. The van der Waals surface area contributed by atoms with Gasteiger partial charge in [-0.05, 0) is 67.5 Å². The number of nitrogens with two attached hydrogens (primary N) is 1. The molecule has 2 atom stereocenters. The van der Waals surface area contributed by atoms with Gasteiger partial charge in [0.15, 0.2) is 0 Å². The van der Waals surface area contributed by atoms with Crippen LogP contribution < -0.4 is 5.73 Å². The zero-order chi connectivity index (χ0) is 18.1. The number of hydrogen-bond donors (Lipinski definition) is 2. The number of rotatable bonds is 5. The molecule has 3 N–H and O–H groups in total. The highest BCUT2D eigenvalue weighted by Crippen LogP contribution is 2.36. The Morgan fingerprint density at radius 1 is 1.32 bits per heavy atom. The number of benzene rings is 1. The van der Waals surface area contributed by atoms with Crippen LogP contribution in [0.1, 0.15) is 56.6 Å². The fraction of sp³-hybridized carbons (Fsp3) is 0.368. The molecular weight excluding hydrogens is 336 g/mol. The first-order valence-electron chi connectivity index (χ1n) is 8.36. The standard InChI is InChI=1S/C19H22N2O3S/c1-11-9-14-6-8-25-17(14)12(2)21(11)7-5-13-10-15(18(20)22)3-4-16(13)19(23)24/h3-4,6,8,10-12H,5,7,9H2,1-2H3,(H2,20,22)(H,23,24). The molecule has 1 amide bonds. The number of carbonyl (C=O) groups excluding carboxylic acids is 1. The van der Waals surface area contributed by atoms with Gasteiger partial charge in [0.1, 0.15) is 0 Å². The van der Waals surface area contributed by atoms with Crippen LogP contribution in [-0.4, -0.2) is 34.5 Å². The Labute approximate surface area is 151 Å². The van der Waals surface area contributed by atoms with Crippen molar-refractivity contribution in [1.29, 1.82) is 0 Å². The van der Waals surface area contributed by atoms with Crippen molar-refractivity contribution >= 4 is 23.2 Å². The molecule has 6 heteroatoms. The number of amides is 1. The molecule has 0 aliphatic carbocycles. The molecule has 5 nitrogen and oxygen atoms in total. The van der Waals surface area contributed by atoms with Crippen LogP contribution >= 0.6 is 11.3 Å². The fourth-order valence-corrected chi connectivity index (χ4v) is 4.69. The third kappa shape index (κ3) is 3.45. The van der Waals surface area contributed by atoms with Crippen molar-refractivity contribution in [2.24, 2.45) is 5.73 Å². The van der Waals surface area contributed by atoms with Crippen LogP contribution in [0.4, 0.5) is 0 Å². The molecule has 1 aliphatic heterocycles. The lowest BCUT2D eigenvalue weighted by Gasteiger charge is -2.39. The second-order valence-corrected chi connectivity index (χ2v) is 7.52. The van der Waals surface area contributed by atoms with Gasteiger partial charge in [-0.1, -0.05) is 0 Å². The second kappa shape index (κ2) is 6.98. The first-order chi connectivity index (χ1) is 11.9. The summed E-state index contributed by atoms with van der Waals surface area (Å²) in [6.07, 6.45) is 1.58. The highest BCUT2D eigenvalue weighted by molar-refractivity contribution is 7.10. The number of hydrogen-bond acceptors (Lipinski definition) is 4. The molecule has 0 saturated heterocycles. The monoisotopic (exact) mass is 358 g/mol. The van der Waals surface area contributed by atoms with Gasteiger partial charge in [0.25, 0.3) is 0 Å². The van der Waals surface area contributed by atoms with Gasteiger partial charge in [0, 0.05) is 29.1 Å². The summed E-state index contributed by atoms with van der Waals surface area (Å²) in [5, 5.41) is 11.5. The van der Waals surface area contributed by atoms with Crippen LogP contribution in [-0.2, 0) is 12.8 Å². The van der Waals surface area contributed by atoms with Crippen molar-refractivity contribution < 1.29 is 14.7 Å². The smallest absolute Gasteiger partial charge is 0.335 e. The lowest BCUT2D eigenvalue weighted by atomic mass is 9.95. The van der Waals surface area contributed by atoms with Crippen molar-refractivity contribution in [3.8, 4) is 0 Å². The highest BCUT2D eigenvalue weighted by Gasteiger charge is 2.30. The van der Waals surface area contributed by atoms with Crippen molar-refractivity contribution in [1.82, 2.24) is 4.90 Å². The Morgan fingerprint density at radius 3 is 2.76 bits per heavy atom. The molecule has 2 aromatic rings. The summed E-state index contributed by atoms with van der Waals surface area (Å²) in [5.74, 6) is -1.52. The number of carbonyl (C=O) groups is 2. The maximum absolute atomic E-state index is 11.5. The van der Waals surface area contributed by atoms with E-state index in [1.54, 1.807) is 17.4 Å². The summed E-state index contributed by atoms with van der Waals surface area (Å²) >= 11 is 1.78. The number of carboxylic acid groups (broad SMARTS) is 1. The van der Waals surface area contributed by atoms with Crippen molar-refractivity contribution in [3.63, 3.8) is 0 Å². The molecule has 0 spiro atoms.